The van der Waals surface area contributed by atoms with Crippen LogP contribution in [0.3, 0.4) is 0 Å². The van der Waals surface area contributed by atoms with Gasteiger partial charge in [-0.1, -0.05) is 30.3 Å². The molecule has 3 rings (SSSR count). The third kappa shape index (κ3) is 5.17. The van der Waals surface area contributed by atoms with Gasteiger partial charge in [-0.05, 0) is 18.4 Å². The lowest BCUT2D eigenvalue weighted by Crippen LogP contribution is -2.44. The van der Waals surface area contributed by atoms with Gasteiger partial charge >= 0.3 is 0 Å². The molecular weight excluding hydrogens is 344 g/mol. The largest absolute Gasteiger partial charge is 0.383 e. The molecule has 1 saturated heterocycles. The number of carbonyl (C=O) groups excluding carboxylic acids is 1. The van der Waals surface area contributed by atoms with Crippen molar-refractivity contribution in [2.45, 2.75) is 19.4 Å². The quantitative estimate of drug-likeness (QED) is 0.743. The zero-order valence-electron chi connectivity index (χ0n) is 15.6. The zero-order chi connectivity index (χ0) is 19.1. The van der Waals surface area contributed by atoms with Gasteiger partial charge in [-0.2, -0.15) is 5.10 Å². The third-order valence-electron chi connectivity index (χ3n) is 4.79. The Balaban J connectivity index is 1.64. The van der Waals surface area contributed by atoms with E-state index in [-0.39, 0.29) is 17.4 Å². The first-order chi connectivity index (χ1) is 13.2. The molecule has 0 spiro atoms. The van der Waals surface area contributed by atoms with Crippen LogP contribution >= 0.6 is 0 Å². The highest BCUT2D eigenvalue weighted by Gasteiger charge is 2.26. The van der Waals surface area contributed by atoms with Crippen LogP contribution < -0.4 is 15.8 Å². The van der Waals surface area contributed by atoms with Crippen molar-refractivity contribution in [2.24, 2.45) is 5.92 Å². The van der Waals surface area contributed by atoms with Crippen molar-refractivity contribution in [3.63, 3.8) is 0 Å². The fourth-order valence-electron chi connectivity index (χ4n) is 3.32. The number of nitrogens with zero attached hydrogens (tertiary/aromatic N) is 3. The third-order valence-corrected chi connectivity index (χ3v) is 4.79. The number of methoxy groups -OCH3 is 1. The average Bonchev–Trinajstić information content (AvgIpc) is 2.70. The van der Waals surface area contributed by atoms with Gasteiger partial charge in [-0.25, -0.2) is 4.68 Å². The van der Waals surface area contributed by atoms with Crippen LogP contribution in [0, 0.1) is 5.92 Å². The van der Waals surface area contributed by atoms with E-state index in [0.29, 0.717) is 26.2 Å². The number of piperidine rings is 1. The number of amides is 1. The molecule has 0 bridgehead atoms. The van der Waals surface area contributed by atoms with Crippen LogP contribution in [0.25, 0.3) is 0 Å². The van der Waals surface area contributed by atoms with E-state index >= 15 is 0 Å². The van der Waals surface area contributed by atoms with Gasteiger partial charge in [0.1, 0.15) is 0 Å². The number of rotatable bonds is 7. The van der Waals surface area contributed by atoms with E-state index in [4.69, 9.17) is 4.74 Å². The predicted molar refractivity (Wildman–Crippen MR) is 104 cm³/mol. The van der Waals surface area contributed by atoms with Crippen LogP contribution in [0.5, 0.6) is 0 Å². The summed E-state index contributed by atoms with van der Waals surface area (Å²) in [4.78, 5) is 26.8. The molecule has 7 heteroatoms. The molecule has 1 amide bonds. The van der Waals surface area contributed by atoms with Gasteiger partial charge in [-0.3, -0.25) is 9.59 Å². The minimum absolute atomic E-state index is 0.0436. The molecule has 1 aromatic carbocycles. The summed E-state index contributed by atoms with van der Waals surface area (Å²) in [7, 11) is 1.61. The second kappa shape index (κ2) is 9.32. The highest BCUT2D eigenvalue weighted by molar-refractivity contribution is 5.79. The fourth-order valence-corrected chi connectivity index (χ4v) is 3.32. The Hall–Kier alpha value is -2.67. The van der Waals surface area contributed by atoms with Crippen molar-refractivity contribution in [3.05, 3.63) is 58.5 Å². The number of hydrogen-bond acceptors (Lipinski definition) is 5. The molecule has 0 radical (unpaired) electrons. The van der Waals surface area contributed by atoms with Gasteiger partial charge in [0.05, 0.1) is 31.0 Å². The first kappa shape index (κ1) is 19.1. The number of aromatic nitrogens is 2. The van der Waals surface area contributed by atoms with Gasteiger partial charge in [0.15, 0.2) is 0 Å². The van der Waals surface area contributed by atoms with Crippen molar-refractivity contribution in [2.75, 3.05) is 38.3 Å². The normalized spacial score (nSPS) is 16.9. The molecule has 1 N–H and O–H groups in total. The van der Waals surface area contributed by atoms with E-state index in [2.05, 4.69) is 15.3 Å². The van der Waals surface area contributed by atoms with Gasteiger partial charge in [0, 0.05) is 32.8 Å². The molecule has 0 unspecified atom stereocenters. The van der Waals surface area contributed by atoms with E-state index < -0.39 is 0 Å². The summed E-state index contributed by atoms with van der Waals surface area (Å²) in [6.07, 6.45) is 3.48. The SMILES string of the molecule is COCCNC(=O)[C@H]1CCCN(c2cnn(Cc3ccccc3)c(=O)c2)C1. The molecule has 1 aliphatic heterocycles. The van der Waals surface area contributed by atoms with E-state index in [9.17, 15) is 9.59 Å². The van der Waals surface area contributed by atoms with E-state index in [1.54, 1.807) is 19.4 Å². The van der Waals surface area contributed by atoms with Gasteiger partial charge in [-0.15, -0.1) is 0 Å². The Morgan fingerprint density at radius 1 is 1.33 bits per heavy atom. The maximum Gasteiger partial charge on any atom is 0.269 e. The minimum Gasteiger partial charge on any atom is -0.383 e. The fraction of sp³-hybridized carbons (Fsp3) is 0.450. The number of anilines is 1. The highest BCUT2D eigenvalue weighted by Crippen LogP contribution is 2.21. The van der Waals surface area contributed by atoms with Crippen LogP contribution in [0.4, 0.5) is 5.69 Å². The molecule has 27 heavy (non-hydrogen) atoms. The molecule has 1 fully saturated rings. The van der Waals surface area contributed by atoms with Crippen molar-refractivity contribution >= 4 is 11.6 Å². The van der Waals surface area contributed by atoms with Crippen LogP contribution in [0.2, 0.25) is 0 Å². The van der Waals surface area contributed by atoms with E-state index in [1.165, 1.54) is 4.68 Å². The summed E-state index contributed by atoms with van der Waals surface area (Å²) in [6, 6.07) is 11.4. The molecule has 1 aromatic heterocycles. The highest BCUT2D eigenvalue weighted by atomic mass is 16.5. The van der Waals surface area contributed by atoms with Crippen LogP contribution in [0.15, 0.2) is 47.4 Å². The maximum absolute atomic E-state index is 12.5. The van der Waals surface area contributed by atoms with Crippen molar-refractivity contribution in [1.82, 2.24) is 15.1 Å². The Morgan fingerprint density at radius 2 is 2.15 bits per heavy atom. The molecule has 144 valence electrons. The van der Waals surface area contributed by atoms with E-state index in [0.717, 1.165) is 30.6 Å². The smallest absolute Gasteiger partial charge is 0.269 e. The summed E-state index contributed by atoms with van der Waals surface area (Å²) in [5, 5.41) is 7.23. The lowest BCUT2D eigenvalue weighted by Gasteiger charge is -2.33. The lowest BCUT2D eigenvalue weighted by atomic mass is 9.97. The number of benzene rings is 1. The second-order valence-electron chi connectivity index (χ2n) is 6.76. The van der Waals surface area contributed by atoms with Crippen LogP contribution in [-0.4, -0.2) is 49.0 Å². The minimum atomic E-state index is -0.136. The summed E-state index contributed by atoms with van der Waals surface area (Å²) in [5.41, 5.74) is 1.67. The Kier molecular flexibility index (Phi) is 6.59. The Morgan fingerprint density at radius 3 is 2.89 bits per heavy atom. The number of ether oxygens (including phenoxy) is 1. The average molecular weight is 370 g/mol. The number of carbonyl (C=O) groups is 1. The molecule has 7 nitrogen and oxygen atoms in total. The molecule has 0 saturated carbocycles. The van der Waals surface area contributed by atoms with Crippen molar-refractivity contribution in [1.29, 1.82) is 0 Å². The monoisotopic (exact) mass is 370 g/mol. The maximum atomic E-state index is 12.5. The topological polar surface area (TPSA) is 76.5 Å². The summed E-state index contributed by atoms with van der Waals surface area (Å²) < 4.78 is 6.42. The predicted octanol–water partition coefficient (Wildman–Crippen LogP) is 1.27. The number of nitrogens with one attached hydrogen (secondary N) is 1. The summed E-state index contributed by atoms with van der Waals surface area (Å²) in [5.74, 6) is -0.0375. The van der Waals surface area contributed by atoms with Gasteiger partial charge < -0.3 is 15.0 Å². The second-order valence-corrected chi connectivity index (χ2v) is 6.76. The Labute approximate surface area is 158 Å². The summed E-state index contributed by atoms with van der Waals surface area (Å²) >= 11 is 0. The standard InChI is InChI=1S/C20H26N4O3/c1-27-11-9-21-20(26)17-8-5-10-23(15-17)18-12-19(25)24(22-13-18)14-16-6-3-2-4-7-16/h2-4,6-7,12-13,17H,5,8-11,14-15H2,1H3,(H,21,26)/t17-/m0/s1. The first-order valence-electron chi connectivity index (χ1n) is 9.30. The molecule has 0 aliphatic carbocycles. The van der Waals surface area contributed by atoms with Gasteiger partial charge in [0.2, 0.25) is 5.91 Å². The lowest BCUT2D eigenvalue weighted by molar-refractivity contribution is -0.125. The zero-order valence-corrected chi connectivity index (χ0v) is 15.6. The number of hydrogen-bond donors (Lipinski definition) is 1. The molecular formula is C20H26N4O3. The van der Waals surface area contributed by atoms with Gasteiger partial charge in [0.25, 0.3) is 5.56 Å². The first-order valence-corrected chi connectivity index (χ1v) is 9.30. The Bertz CT molecular complexity index is 806. The van der Waals surface area contributed by atoms with Crippen molar-refractivity contribution < 1.29 is 9.53 Å². The van der Waals surface area contributed by atoms with Crippen LogP contribution in [0.1, 0.15) is 18.4 Å². The molecule has 2 aromatic rings. The van der Waals surface area contributed by atoms with Crippen molar-refractivity contribution in [3.8, 4) is 0 Å². The van der Waals surface area contributed by atoms with E-state index in [1.807, 2.05) is 30.3 Å². The van der Waals surface area contributed by atoms with Crippen LogP contribution in [-0.2, 0) is 16.1 Å². The summed E-state index contributed by atoms with van der Waals surface area (Å²) in [6.45, 7) is 2.90. The molecule has 1 atom stereocenters. The molecule has 1 aliphatic rings. The molecule has 2 heterocycles.